The molecule has 0 unspecified atom stereocenters. The zero-order chi connectivity index (χ0) is 13.0. The van der Waals surface area contributed by atoms with E-state index in [0.29, 0.717) is 6.42 Å². The minimum absolute atomic E-state index is 0.00282. The molecule has 92 valence electrons. The Morgan fingerprint density at radius 3 is 2.67 bits per heavy atom. The van der Waals surface area contributed by atoms with Gasteiger partial charge in [-0.2, -0.15) is 0 Å². The van der Waals surface area contributed by atoms with E-state index in [0.717, 1.165) is 22.4 Å². The number of aromatic nitrogens is 2. The molecule has 0 bridgehead atoms. The van der Waals surface area contributed by atoms with E-state index >= 15 is 0 Å². The first-order valence-corrected chi connectivity index (χ1v) is 5.86. The Morgan fingerprint density at radius 1 is 1.28 bits per heavy atom. The minimum atomic E-state index is -0.00282. The highest BCUT2D eigenvalue weighted by Crippen LogP contribution is 2.28. The van der Waals surface area contributed by atoms with Crippen molar-refractivity contribution in [1.82, 2.24) is 9.97 Å². The first-order valence-electron chi connectivity index (χ1n) is 5.86. The van der Waals surface area contributed by atoms with Gasteiger partial charge in [0, 0.05) is 35.6 Å². The van der Waals surface area contributed by atoms with Gasteiger partial charge in [0.05, 0.1) is 0 Å². The number of hydrogen-bond acceptors (Lipinski definition) is 3. The fraction of sp³-hybridized carbons (Fsp3) is 0.214. The molecule has 0 radical (unpaired) electrons. The Labute approximate surface area is 106 Å². The van der Waals surface area contributed by atoms with Gasteiger partial charge in [-0.05, 0) is 19.1 Å². The molecule has 0 saturated heterocycles. The predicted molar refractivity (Wildman–Crippen MR) is 71.1 cm³/mol. The van der Waals surface area contributed by atoms with Gasteiger partial charge in [-0.15, -0.1) is 0 Å². The van der Waals surface area contributed by atoms with Crippen LogP contribution in [0.2, 0.25) is 0 Å². The largest absolute Gasteiger partial charge is 0.326 e. The van der Waals surface area contributed by atoms with Crippen molar-refractivity contribution in [3.8, 4) is 11.1 Å². The molecule has 18 heavy (non-hydrogen) atoms. The van der Waals surface area contributed by atoms with Crippen LogP contribution in [-0.2, 0) is 4.79 Å². The van der Waals surface area contributed by atoms with Crippen LogP contribution < -0.4 is 5.32 Å². The summed E-state index contributed by atoms with van der Waals surface area (Å²) in [6, 6.07) is 5.90. The molecule has 4 nitrogen and oxygen atoms in total. The monoisotopic (exact) mass is 241 g/mol. The van der Waals surface area contributed by atoms with Crippen LogP contribution in [0.5, 0.6) is 0 Å². The predicted octanol–water partition coefficient (Wildman–Crippen LogP) is 2.80. The Hall–Kier alpha value is -2.23. The van der Waals surface area contributed by atoms with Crippen molar-refractivity contribution in [2.75, 3.05) is 5.32 Å². The number of nitrogens with one attached hydrogen (secondary N) is 1. The number of benzene rings is 1. The van der Waals surface area contributed by atoms with E-state index in [2.05, 4.69) is 15.3 Å². The van der Waals surface area contributed by atoms with Gasteiger partial charge in [-0.1, -0.05) is 18.6 Å². The highest BCUT2D eigenvalue weighted by Gasteiger charge is 2.08. The molecule has 0 atom stereocenters. The molecular formula is C14H15N3O. The lowest BCUT2D eigenvalue weighted by Gasteiger charge is -2.11. The van der Waals surface area contributed by atoms with Gasteiger partial charge in [0.2, 0.25) is 5.91 Å². The lowest BCUT2D eigenvalue weighted by molar-refractivity contribution is -0.115. The second-order valence-electron chi connectivity index (χ2n) is 4.08. The molecule has 1 aromatic heterocycles. The quantitative estimate of drug-likeness (QED) is 0.899. The maximum Gasteiger partial charge on any atom is 0.224 e. The van der Waals surface area contributed by atoms with E-state index in [4.69, 9.17) is 0 Å². The van der Waals surface area contributed by atoms with Crippen molar-refractivity contribution in [2.24, 2.45) is 0 Å². The topological polar surface area (TPSA) is 54.9 Å². The molecule has 0 aliphatic heterocycles. The molecule has 2 aromatic rings. The Balaban J connectivity index is 2.44. The van der Waals surface area contributed by atoms with E-state index in [1.165, 1.54) is 6.33 Å². The number of amides is 1. The van der Waals surface area contributed by atoms with E-state index in [9.17, 15) is 4.79 Å². The summed E-state index contributed by atoms with van der Waals surface area (Å²) in [4.78, 5) is 19.5. The van der Waals surface area contributed by atoms with E-state index < -0.39 is 0 Å². The molecule has 1 aromatic carbocycles. The van der Waals surface area contributed by atoms with Crippen molar-refractivity contribution < 1.29 is 4.79 Å². The first kappa shape index (κ1) is 12.2. The number of nitrogens with zero attached hydrogens (tertiary/aromatic N) is 2. The average Bonchev–Trinajstić information content (AvgIpc) is 2.41. The number of aryl methyl sites for hydroxylation is 1. The van der Waals surface area contributed by atoms with Crippen LogP contribution >= 0.6 is 0 Å². The molecule has 0 aliphatic rings. The summed E-state index contributed by atoms with van der Waals surface area (Å²) in [5.41, 5.74) is 3.76. The summed E-state index contributed by atoms with van der Waals surface area (Å²) in [6.45, 7) is 3.84. The Morgan fingerprint density at radius 2 is 2.00 bits per heavy atom. The molecule has 1 N–H and O–H groups in total. The lowest BCUT2D eigenvalue weighted by Crippen LogP contribution is -2.10. The van der Waals surface area contributed by atoms with Crippen LogP contribution in [0.15, 0.2) is 36.9 Å². The molecule has 0 spiro atoms. The number of carbonyl (C=O) groups excluding carboxylic acids is 1. The number of hydrogen-bond donors (Lipinski definition) is 1. The van der Waals surface area contributed by atoms with Crippen LogP contribution in [0, 0.1) is 6.92 Å². The molecule has 2 rings (SSSR count). The van der Waals surface area contributed by atoms with Crippen LogP contribution in [0.4, 0.5) is 5.69 Å². The van der Waals surface area contributed by atoms with Crippen LogP contribution in [0.3, 0.4) is 0 Å². The van der Waals surface area contributed by atoms with Gasteiger partial charge < -0.3 is 5.32 Å². The van der Waals surface area contributed by atoms with Crippen molar-refractivity contribution in [3.05, 3.63) is 42.5 Å². The van der Waals surface area contributed by atoms with Crippen molar-refractivity contribution in [1.29, 1.82) is 0 Å². The van der Waals surface area contributed by atoms with E-state index in [1.807, 2.05) is 32.0 Å². The van der Waals surface area contributed by atoms with Gasteiger partial charge in [0.25, 0.3) is 0 Å². The maximum atomic E-state index is 11.5. The summed E-state index contributed by atoms with van der Waals surface area (Å²) >= 11 is 0. The summed E-state index contributed by atoms with van der Waals surface area (Å²) in [6.07, 6.45) is 5.43. The Bertz CT molecular complexity index is 552. The second kappa shape index (κ2) is 5.40. The van der Waals surface area contributed by atoms with Crippen LogP contribution in [0.1, 0.15) is 18.9 Å². The lowest BCUT2D eigenvalue weighted by atomic mass is 10.0. The highest BCUT2D eigenvalue weighted by atomic mass is 16.1. The van der Waals surface area contributed by atoms with Crippen LogP contribution in [0.25, 0.3) is 11.1 Å². The molecule has 1 amide bonds. The number of rotatable bonds is 3. The summed E-state index contributed by atoms with van der Waals surface area (Å²) < 4.78 is 0. The van der Waals surface area contributed by atoms with Gasteiger partial charge in [0.15, 0.2) is 0 Å². The maximum absolute atomic E-state index is 11.5. The third-order valence-corrected chi connectivity index (χ3v) is 2.64. The van der Waals surface area contributed by atoms with Crippen molar-refractivity contribution >= 4 is 11.6 Å². The molecule has 0 saturated carbocycles. The van der Waals surface area contributed by atoms with Gasteiger partial charge in [-0.3, -0.25) is 4.79 Å². The molecule has 0 aliphatic carbocycles. The standard InChI is InChI=1S/C14H15N3O/c1-3-14(18)17-13-5-4-10(2)6-12(13)11-7-15-9-16-8-11/h4-9H,3H2,1-2H3,(H,17,18). The minimum Gasteiger partial charge on any atom is -0.326 e. The molecule has 1 heterocycles. The third-order valence-electron chi connectivity index (χ3n) is 2.64. The highest BCUT2D eigenvalue weighted by molar-refractivity contribution is 5.95. The summed E-state index contributed by atoms with van der Waals surface area (Å²) in [5, 5.41) is 2.89. The zero-order valence-corrected chi connectivity index (χ0v) is 10.5. The van der Waals surface area contributed by atoms with Gasteiger partial charge in [-0.25, -0.2) is 9.97 Å². The average molecular weight is 241 g/mol. The third kappa shape index (κ3) is 2.71. The van der Waals surface area contributed by atoms with Gasteiger partial charge in [0.1, 0.15) is 6.33 Å². The summed E-state index contributed by atoms with van der Waals surface area (Å²) in [7, 11) is 0. The van der Waals surface area contributed by atoms with Crippen LogP contribution in [-0.4, -0.2) is 15.9 Å². The second-order valence-corrected chi connectivity index (χ2v) is 4.08. The number of anilines is 1. The fourth-order valence-corrected chi connectivity index (χ4v) is 1.68. The SMILES string of the molecule is CCC(=O)Nc1ccc(C)cc1-c1cncnc1. The fourth-order valence-electron chi connectivity index (χ4n) is 1.68. The van der Waals surface area contributed by atoms with E-state index in [1.54, 1.807) is 12.4 Å². The normalized spacial score (nSPS) is 10.1. The number of carbonyl (C=O) groups is 1. The van der Waals surface area contributed by atoms with Gasteiger partial charge >= 0.3 is 0 Å². The molecule has 4 heteroatoms. The van der Waals surface area contributed by atoms with Crippen molar-refractivity contribution in [2.45, 2.75) is 20.3 Å². The molecule has 0 fully saturated rings. The Kier molecular flexibility index (Phi) is 3.67. The van der Waals surface area contributed by atoms with E-state index in [-0.39, 0.29) is 5.91 Å². The zero-order valence-electron chi connectivity index (χ0n) is 10.5. The summed E-state index contributed by atoms with van der Waals surface area (Å²) in [5.74, 6) is -0.00282. The molecular weight excluding hydrogens is 226 g/mol. The first-order chi connectivity index (χ1) is 8.70. The van der Waals surface area contributed by atoms with Crippen molar-refractivity contribution in [3.63, 3.8) is 0 Å². The smallest absolute Gasteiger partial charge is 0.224 e.